The van der Waals surface area contributed by atoms with Crippen LogP contribution in [0.5, 0.6) is 5.75 Å². The van der Waals surface area contributed by atoms with E-state index in [1.807, 2.05) is 13.8 Å². The molecule has 1 aromatic heterocycles. The Morgan fingerprint density at radius 1 is 1.12 bits per heavy atom. The van der Waals surface area contributed by atoms with Crippen molar-refractivity contribution in [1.82, 2.24) is 5.32 Å². The Kier molecular flexibility index (Phi) is 7.35. The fraction of sp³-hybridized carbons (Fsp3) is 0.278. The molecule has 0 atom stereocenters. The Bertz CT molecular complexity index is 785. The number of Topliss-reactive ketones (excluding diaryl/α,β-unsaturated/α-hetero) is 1. The molecule has 2 aromatic rings. The number of benzene rings is 1. The summed E-state index contributed by atoms with van der Waals surface area (Å²) < 4.78 is 11.2. The highest BCUT2D eigenvalue weighted by atomic mass is 79.9. The van der Waals surface area contributed by atoms with Crippen LogP contribution in [0.25, 0.3) is 0 Å². The van der Waals surface area contributed by atoms with Gasteiger partial charge in [0.15, 0.2) is 6.61 Å². The summed E-state index contributed by atoms with van der Waals surface area (Å²) >= 11 is 4.53. The van der Waals surface area contributed by atoms with Crippen LogP contribution in [-0.4, -0.2) is 36.9 Å². The van der Waals surface area contributed by atoms with Crippen LogP contribution in [0, 0.1) is 0 Å². The highest BCUT2D eigenvalue weighted by Crippen LogP contribution is 2.22. The van der Waals surface area contributed by atoms with E-state index in [9.17, 15) is 14.4 Å². The van der Waals surface area contributed by atoms with Crippen LogP contribution in [0.2, 0.25) is 0 Å². The molecule has 1 N–H and O–H groups in total. The number of ketones is 1. The fourth-order valence-corrected chi connectivity index (χ4v) is 3.25. The first-order valence-electron chi connectivity index (χ1n) is 7.84. The van der Waals surface area contributed by atoms with E-state index >= 15 is 0 Å². The van der Waals surface area contributed by atoms with Gasteiger partial charge in [0.2, 0.25) is 5.78 Å². The van der Waals surface area contributed by atoms with E-state index in [4.69, 9.17) is 9.47 Å². The molecule has 1 amide bonds. The van der Waals surface area contributed by atoms with Crippen molar-refractivity contribution in [1.29, 1.82) is 0 Å². The molecule has 0 aliphatic heterocycles. The van der Waals surface area contributed by atoms with Crippen LogP contribution in [0.4, 0.5) is 0 Å². The van der Waals surface area contributed by atoms with Crippen LogP contribution in [0.3, 0.4) is 0 Å². The lowest BCUT2D eigenvalue weighted by molar-refractivity contribution is -0.141. The van der Waals surface area contributed by atoms with Crippen molar-refractivity contribution < 1.29 is 23.9 Å². The lowest BCUT2D eigenvalue weighted by Crippen LogP contribution is -2.31. The molecule has 0 aliphatic rings. The Morgan fingerprint density at radius 3 is 2.38 bits per heavy atom. The van der Waals surface area contributed by atoms with Crippen molar-refractivity contribution in [2.75, 3.05) is 13.2 Å². The average molecular weight is 440 g/mol. The third kappa shape index (κ3) is 6.27. The minimum atomic E-state index is -0.679. The molecule has 26 heavy (non-hydrogen) atoms. The predicted molar refractivity (Wildman–Crippen MR) is 102 cm³/mol. The zero-order chi connectivity index (χ0) is 19.1. The predicted octanol–water partition coefficient (Wildman–Crippen LogP) is 3.45. The summed E-state index contributed by atoms with van der Waals surface area (Å²) in [7, 11) is 0. The number of thiophene rings is 1. The third-order valence-corrected chi connectivity index (χ3v) is 4.76. The highest BCUT2D eigenvalue weighted by Gasteiger charge is 2.13. The number of ether oxygens (including phenoxy) is 2. The number of hydrogen-bond donors (Lipinski definition) is 1. The second-order valence-corrected chi connectivity index (χ2v) is 8.02. The molecule has 0 fully saturated rings. The number of carbonyl (C=O) groups excluding carboxylic acids is 3. The molecule has 138 valence electrons. The van der Waals surface area contributed by atoms with Crippen LogP contribution in [0.15, 0.2) is 40.2 Å². The Balaban J connectivity index is 1.76. The van der Waals surface area contributed by atoms with E-state index < -0.39 is 11.9 Å². The quantitative estimate of drug-likeness (QED) is 0.502. The first-order chi connectivity index (χ1) is 12.3. The van der Waals surface area contributed by atoms with Crippen LogP contribution < -0.4 is 10.1 Å². The van der Waals surface area contributed by atoms with E-state index in [-0.39, 0.29) is 25.0 Å². The van der Waals surface area contributed by atoms with Crippen molar-refractivity contribution in [3.8, 4) is 5.75 Å². The number of halogens is 1. The third-order valence-electron chi connectivity index (χ3n) is 3.09. The molecule has 8 heteroatoms. The Hall–Kier alpha value is -2.19. The lowest BCUT2D eigenvalue weighted by atomic mass is 10.2. The summed E-state index contributed by atoms with van der Waals surface area (Å²) in [6, 6.07) is 9.99. The van der Waals surface area contributed by atoms with E-state index in [0.29, 0.717) is 16.2 Å². The van der Waals surface area contributed by atoms with Gasteiger partial charge in [0, 0.05) is 5.56 Å². The van der Waals surface area contributed by atoms with Gasteiger partial charge in [-0.15, -0.1) is 11.3 Å². The van der Waals surface area contributed by atoms with Gasteiger partial charge in [-0.05, 0) is 66.2 Å². The number of hydrogen-bond acceptors (Lipinski definition) is 6. The summed E-state index contributed by atoms with van der Waals surface area (Å²) in [6.45, 7) is 3.15. The number of rotatable bonds is 8. The minimum Gasteiger partial charge on any atom is -0.491 e. The zero-order valence-electron chi connectivity index (χ0n) is 14.3. The van der Waals surface area contributed by atoms with Gasteiger partial charge in [0.1, 0.15) is 12.3 Å². The molecule has 0 radical (unpaired) electrons. The number of amides is 1. The molecule has 0 aliphatic carbocycles. The molecule has 2 rings (SSSR count). The molecule has 0 saturated carbocycles. The topological polar surface area (TPSA) is 81.7 Å². The molecule has 0 spiro atoms. The smallest absolute Gasteiger partial charge is 0.325 e. The molecule has 6 nitrogen and oxygen atoms in total. The zero-order valence-corrected chi connectivity index (χ0v) is 16.7. The van der Waals surface area contributed by atoms with Gasteiger partial charge in [-0.25, -0.2) is 0 Å². The van der Waals surface area contributed by atoms with Crippen molar-refractivity contribution in [2.24, 2.45) is 0 Å². The van der Waals surface area contributed by atoms with Gasteiger partial charge in [0.25, 0.3) is 5.91 Å². The molecular formula is C18H18BrNO5S. The summed E-state index contributed by atoms with van der Waals surface area (Å²) in [4.78, 5) is 36.0. The first kappa shape index (κ1) is 20.1. The van der Waals surface area contributed by atoms with Crippen LogP contribution in [-0.2, 0) is 9.53 Å². The number of carbonyl (C=O) groups is 3. The van der Waals surface area contributed by atoms with Gasteiger partial charge in [0.05, 0.1) is 14.8 Å². The van der Waals surface area contributed by atoms with Crippen molar-refractivity contribution in [3.63, 3.8) is 0 Å². The van der Waals surface area contributed by atoms with Gasteiger partial charge < -0.3 is 14.8 Å². The van der Waals surface area contributed by atoms with Gasteiger partial charge in [-0.2, -0.15) is 0 Å². The van der Waals surface area contributed by atoms with E-state index in [1.165, 1.54) is 11.3 Å². The molecule has 1 heterocycles. The maximum Gasteiger partial charge on any atom is 0.325 e. The van der Waals surface area contributed by atoms with E-state index in [2.05, 4.69) is 21.2 Å². The largest absolute Gasteiger partial charge is 0.491 e. The Morgan fingerprint density at radius 2 is 1.81 bits per heavy atom. The average Bonchev–Trinajstić information content (AvgIpc) is 3.04. The van der Waals surface area contributed by atoms with Gasteiger partial charge >= 0.3 is 5.97 Å². The molecular weight excluding hydrogens is 422 g/mol. The minimum absolute atomic E-state index is 0.0439. The Labute approximate surface area is 163 Å². The maximum atomic E-state index is 12.0. The maximum absolute atomic E-state index is 12.0. The summed E-state index contributed by atoms with van der Waals surface area (Å²) in [5.74, 6) is -0.718. The summed E-state index contributed by atoms with van der Waals surface area (Å²) in [5, 5.41) is 2.46. The fourth-order valence-electron chi connectivity index (χ4n) is 1.94. The number of nitrogens with one attached hydrogen (secondary N) is 1. The van der Waals surface area contributed by atoms with Gasteiger partial charge in [-0.1, -0.05) is 0 Å². The molecule has 0 saturated heterocycles. The summed E-state index contributed by atoms with van der Waals surface area (Å²) in [6.07, 6.45) is 0.0439. The lowest BCUT2D eigenvalue weighted by Gasteiger charge is -2.10. The monoisotopic (exact) mass is 439 g/mol. The van der Waals surface area contributed by atoms with Gasteiger partial charge in [-0.3, -0.25) is 14.4 Å². The molecule has 0 unspecified atom stereocenters. The first-order valence-corrected chi connectivity index (χ1v) is 9.45. The second kappa shape index (κ2) is 9.49. The second-order valence-electron chi connectivity index (χ2n) is 5.56. The summed E-state index contributed by atoms with van der Waals surface area (Å²) in [5.41, 5.74) is 0.397. The highest BCUT2D eigenvalue weighted by molar-refractivity contribution is 9.11. The SMILES string of the molecule is CC(C)Oc1ccc(C(=O)NCC(=O)OCC(=O)c2ccc(Br)s2)cc1. The van der Waals surface area contributed by atoms with E-state index in [0.717, 1.165) is 3.79 Å². The number of esters is 1. The van der Waals surface area contributed by atoms with Crippen molar-refractivity contribution in [2.45, 2.75) is 20.0 Å². The standard InChI is InChI=1S/C18H18BrNO5S/c1-11(2)25-13-5-3-12(4-6-13)18(23)20-9-17(22)24-10-14(21)15-7-8-16(19)26-15/h3-8,11H,9-10H2,1-2H3,(H,20,23). The normalized spacial score (nSPS) is 10.5. The van der Waals surface area contributed by atoms with Crippen molar-refractivity contribution >= 4 is 44.9 Å². The van der Waals surface area contributed by atoms with Crippen LogP contribution >= 0.6 is 27.3 Å². The van der Waals surface area contributed by atoms with Crippen LogP contribution in [0.1, 0.15) is 33.9 Å². The molecule has 1 aromatic carbocycles. The van der Waals surface area contributed by atoms with Crippen molar-refractivity contribution in [3.05, 3.63) is 50.6 Å². The van der Waals surface area contributed by atoms with E-state index in [1.54, 1.807) is 36.4 Å². The molecule has 0 bridgehead atoms.